The number of nitrogens with zero attached hydrogens (tertiary/aromatic N) is 2. The molecule has 0 radical (unpaired) electrons. The van der Waals surface area contributed by atoms with E-state index >= 15 is 0 Å². The van der Waals surface area contributed by atoms with Crippen LogP contribution in [0.4, 0.5) is 0 Å². The van der Waals surface area contributed by atoms with Gasteiger partial charge in [0.25, 0.3) is 5.91 Å². The first-order valence-electron chi connectivity index (χ1n) is 13.0. The van der Waals surface area contributed by atoms with Crippen molar-refractivity contribution in [3.8, 4) is 5.75 Å². The smallest absolute Gasteiger partial charge is 0.253 e. The Morgan fingerprint density at radius 3 is 2.48 bits per heavy atom. The number of carbonyl (C=O) groups is 1. The van der Waals surface area contributed by atoms with E-state index in [0.717, 1.165) is 69.9 Å². The highest BCUT2D eigenvalue weighted by Crippen LogP contribution is 2.38. The Balaban J connectivity index is 1.45. The summed E-state index contributed by atoms with van der Waals surface area (Å²) in [5.41, 5.74) is 2.46. The Morgan fingerprint density at radius 2 is 1.70 bits per heavy atom. The first kappa shape index (κ1) is 23.8. The van der Waals surface area contributed by atoms with Gasteiger partial charge in [0.15, 0.2) is 0 Å². The van der Waals surface area contributed by atoms with Gasteiger partial charge >= 0.3 is 0 Å². The second kappa shape index (κ2) is 11.7. The van der Waals surface area contributed by atoms with Crippen molar-refractivity contribution in [2.75, 3.05) is 39.3 Å². The van der Waals surface area contributed by atoms with Crippen LogP contribution in [0.2, 0.25) is 0 Å². The molecule has 2 heterocycles. The maximum absolute atomic E-state index is 13.0. The van der Waals surface area contributed by atoms with Crippen LogP contribution < -0.4 is 4.74 Å². The maximum Gasteiger partial charge on any atom is 0.253 e. The number of likely N-dealkylation sites (tertiary alicyclic amines) is 1. The van der Waals surface area contributed by atoms with Gasteiger partial charge in [-0.15, -0.1) is 0 Å². The normalized spacial score (nSPS) is 19.7. The molecule has 2 aliphatic heterocycles. The summed E-state index contributed by atoms with van der Waals surface area (Å²) >= 11 is 0. The van der Waals surface area contributed by atoms with Crippen LogP contribution in [-0.2, 0) is 6.42 Å². The fraction of sp³-hybridized carbons (Fsp3) is 0.552. The first-order chi connectivity index (χ1) is 16.2. The number of para-hydroxylation sites is 1. The molecule has 4 nitrogen and oxygen atoms in total. The van der Waals surface area contributed by atoms with E-state index in [4.69, 9.17) is 4.74 Å². The summed E-state index contributed by atoms with van der Waals surface area (Å²) in [5, 5.41) is 0. The molecule has 4 heteroatoms. The Morgan fingerprint density at radius 1 is 0.939 bits per heavy atom. The quantitative estimate of drug-likeness (QED) is 0.591. The van der Waals surface area contributed by atoms with E-state index in [-0.39, 0.29) is 5.91 Å². The van der Waals surface area contributed by atoms with Crippen LogP contribution in [0.25, 0.3) is 0 Å². The number of benzene rings is 2. The molecule has 1 spiro atoms. The number of rotatable bonds is 4. The van der Waals surface area contributed by atoms with Crippen molar-refractivity contribution in [2.24, 2.45) is 5.41 Å². The SMILES string of the molecule is CCCCN1CCOc2ccccc2CCCCC2(CCN(C(=O)c3ccccc3)CC2)C1. The Labute approximate surface area is 199 Å². The van der Waals surface area contributed by atoms with Gasteiger partial charge in [-0.1, -0.05) is 56.2 Å². The molecule has 1 saturated heterocycles. The van der Waals surface area contributed by atoms with E-state index in [9.17, 15) is 4.79 Å². The zero-order valence-corrected chi connectivity index (χ0v) is 20.3. The Kier molecular flexibility index (Phi) is 8.44. The molecular formula is C29H40N2O2. The lowest BCUT2D eigenvalue weighted by molar-refractivity contribution is 0.0375. The van der Waals surface area contributed by atoms with Crippen molar-refractivity contribution >= 4 is 5.91 Å². The Hall–Kier alpha value is -2.33. The molecule has 2 aliphatic rings. The van der Waals surface area contributed by atoms with Crippen molar-refractivity contribution in [2.45, 2.75) is 58.3 Å². The molecule has 1 fully saturated rings. The largest absolute Gasteiger partial charge is 0.492 e. The van der Waals surface area contributed by atoms with Crippen LogP contribution in [0, 0.1) is 5.41 Å². The molecule has 4 rings (SSSR count). The number of unbranched alkanes of at least 4 members (excludes halogenated alkanes) is 1. The lowest BCUT2D eigenvalue weighted by Gasteiger charge is -2.45. The average Bonchev–Trinajstić information content (AvgIpc) is 2.86. The van der Waals surface area contributed by atoms with Crippen LogP contribution in [0.5, 0.6) is 5.75 Å². The maximum atomic E-state index is 13.0. The topological polar surface area (TPSA) is 32.8 Å². The minimum absolute atomic E-state index is 0.187. The number of hydrogen-bond acceptors (Lipinski definition) is 3. The summed E-state index contributed by atoms with van der Waals surface area (Å²) < 4.78 is 6.25. The second-order valence-corrected chi connectivity index (χ2v) is 9.95. The molecule has 0 unspecified atom stereocenters. The van der Waals surface area contributed by atoms with E-state index in [1.807, 2.05) is 30.3 Å². The number of hydrogen-bond donors (Lipinski definition) is 0. The minimum Gasteiger partial charge on any atom is -0.492 e. The van der Waals surface area contributed by atoms with Crippen molar-refractivity contribution in [3.05, 3.63) is 65.7 Å². The molecule has 1 amide bonds. The molecule has 178 valence electrons. The monoisotopic (exact) mass is 448 g/mol. The molecular weight excluding hydrogens is 408 g/mol. The number of amides is 1. The van der Waals surface area contributed by atoms with Crippen molar-refractivity contribution < 1.29 is 9.53 Å². The number of piperidine rings is 1. The summed E-state index contributed by atoms with van der Waals surface area (Å²) in [6, 6.07) is 18.3. The fourth-order valence-electron chi connectivity index (χ4n) is 5.51. The van der Waals surface area contributed by atoms with Crippen LogP contribution in [0.15, 0.2) is 54.6 Å². The number of ether oxygens (including phenoxy) is 1. The molecule has 0 bridgehead atoms. The van der Waals surface area contributed by atoms with Crippen LogP contribution in [-0.4, -0.2) is 55.0 Å². The second-order valence-electron chi connectivity index (χ2n) is 9.95. The molecule has 33 heavy (non-hydrogen) atoms. The number of aryl methyl sites for hydroxylation is 1. The van der Waals surface area contributed by atoms with Crippen molar-refractivity contribution in [3.63, 3.8) is 0 Å². The van der Waals surface area contributed by atoms with E-state index < -0.39 is 0 Å². The zero-order chi connectivity index (χ0) is 22.9. The third-order valence-corrected chi connectivity index (χ3v) is 7.56. The van der Waals surface area contributed by atoms with Crippen LogP contribution >= 0.6 is 0 Å². The van der Waals surface area contributed by atoms with Gasteiger partial charge in [0.05, 0.1) is 0 Å². The average molecular weight is 449 g/mol. The van der Waals surface area contributed by atoms with Gasteiger partial charge in [0.2, 0.25) is 0 Å². The Bertz CT molecular complexity index is 874. The van der Waals surface area contributed by atoms with E-state index in [1.54, 1.807) is 0 Å². The molecule has 0 saturated carbocycles. The molecule has 0 N–H and O–H groups in total. The number of carbonyl (C=O) groups excluding carboxylic acids is 1. The third kappa shape index (κ3) is 6.38. The van der Waals surface area contributed by atoms with Crippen LogP contribution in [0.1, 0.15) is 67.8 Å². The van der Waals surface area contributed by atoms with E-state index in [1.165, 1.54) is 37.7 Å². The predicted octanol–water partition coefficient (Wildman–Crippen LogP) is 5.82. The molecule has 0 aromatic heterocycles. The van der Waals surface area contributed by atoms with Gasteiger partial charge in [-0.25, -0.2) is 0 Å². The van der Waals surface area contributed by atoms with E-state index in [2.05, 4.69) is 41.0 Å². The van der Waals surface area contributed by atoms with Gasteiger partial charge in [0.1, 0.15) is 12.4 Å². The predicted molar refractivity (Wildman–Crippen MR) is 135 cm³/mol. The molecule has 0 atom stereocenters. The van der Waals surface area contributed by atoms with Crippen molar-refractivity contribution in [1.29, 1.82) is 0 Å². The van der Waals surface area contributed by atoms with Crippen molar-refractivity contribution in [1.82, 2.24) is 9.80 Å². The minimum atomic E-state index is 0.187. The standard InChI is InChI=1S/C29H40N2O2/c1-2-3-19-30-22-23-33-27-15-8-7-11-25(27)12-9-10-16-29(24-30)17-20-31(21-18-29)28(32)26-13-5-4-6-14-26/h4-8,11,13-15H,2-3,9-10,12,16-24H2,1H3. The summed E-state index contributed by atoms with van der Waals surface area (Å²) in [7, 11) is 0. The van der Waals surface area contributed by atoms with Gasteiger partial charge < -0.3 is 9.64 Å². The van der Waals surface area contributed by atoms with Gasteiger partial charge in [-0.2, -0.15) is 0 Å². The molecule has 0 aliphatic carbocycles. The lowest BCUT2D eigenvalue weighted by Crippen LogP contribution is -2.48. The zero-order valence-electron chi connectivity index (χ0n) is 20.3. The molecule has 2 aromatic carbocycles. The highest BCUT2D eigenvalue weighted by molar-refractivity contribution is 5.94. The molecule has 2 aromatic rings. The number of fused-ring (bicyclic) bond motifs is 1. The van der Waals surface area contributed by atoms with Gasteiger partial charge in [-0.3, -0.25) is 9.69 Å². The lowest BCUT2D eigenvalue weighted by atomic mass is 9.73. The summed E-state index contributed by atoms with van der Waals surface area (Å²) in [5.74, 6) is 1.25. The summed E-state index contributed by atoms with van der Waals surface area (Å²) in [6.45, 7) is 8.00. The summed E-state index contributed by atoms with van der Waals surface area (Å²) in [6.07, 6.45) is 9.43. The van der Waals surface area contributed by atoms with E-state index in [0.29, 0.717) is 5.41 Å². The highest BCUT2D eigenvalue weighted by atomic mass is 16.5. The third-order valence-electron chi connectivity index (χ3n) is 7.56. The highest BCUT2D eigenvalue weighted by Gasteiger charge is 2.37. The first-order valence-corrected chi connectivity index (χ1v) is 13.0. The van der Waals surface area contributed by atoms with Crippen LogP contribution in [0.3, 0.4) is 0 Å². The summed E-state index contributed by atoms with van der Waals surface area (Å²) in [4.78, 5) is 17.7. The van der Waals surface area contributed by atoms with Gasteiger partial charge in [-0.05, 0) is 74.2 Å². The fourth-order valence-corrected chi connectivity index (χ4v) is 5.51. The van der Waals surface area contributed by atoms with Gasteiger partial charge in [0, 0.05) is 31.7 Å².